The number of carbonyl (C=O) groups excluding carboxylic acids is 1. The van der Waals surface area contributed by atoms with Crippen molar-refractivity contribution >= 4 is 11.7 Å². The fourth-order valence-corrected chi connectivity index (χ4v) is 2.26. The maximum atomic E-state index is 11.4. The molecule has 5 nitrogen and oxygen atoms in total. The molecule has 0 saturated heterocycles. The number of rotatable bonds is 5. The third-order valence-corrected chi connectivity index (χ3v) is 3.36. The fraction of sp³-hybridized carbons (Fsp3) is 0.0526. The minimum absolute atomic E-state index is 0.0936. The average molecular weight is 319 g/mol. The molecule has 0 aliphatic carbocycles. The Morgan fingerprint density at radius 2 is 1.71 bits per heavy atom. The summed E-state index contributed by atoms with van der Waals surface area (Å²) in [5.41, 5.74) is 7.32. The van der Waals surface area contributed by atoms with Gasteiger partial charge in [-0.3, -0.25) is 4.79 Å². The Labute approximate surface area is 140 Å². The number of hydrogen-bond acceptors (Lipinski definition) is 4. The van der Waals surface area contributed by atoms with E-state index in [9.17, 15) is 4.79 Å². The molecule has 0 aliphatic heterocycles. The van der Waals surface area contributed by atoms with Gasteiger partial charge in [0.2, 0.25) is 11.8 Å². The van der Waals surface area contributed by atoms with Gasteiger partial charge in [-0.1, -0.05) is 54.6 Å². The Morgan fingerprint density at radius 3 is 2.50 bits per heavy atom. The summed E-state index contributed by atoms with van der Waals surface area (Å²) in [7, 11) is 0. The molecule has 0 bridgehead atoms. The van der Waals surface area contributed by atoms with Crippen molar-refractivity contribution in [2.75, 3.05) is 11.9 Å². The van der Waals surface area contributed by atoms with Crippen molar-refractivity contribution in [1.29, 1.82) is 0 Å². The zero-order chi connectivity index (χ0) is 16.8. The van der Waals surface area contributed by atoms with Crippen LogP contribution in [-0.2, 0) is 4.79 Å². The highest BCUT2D eigenvalue weighted by Crippen LogP contribution is 2.32. The van der Waals surface area contributed by atoms with Gasteiger partial charge in [-0.25, -0.2) is 0 Å². The minimum Gasteiger partial charge on any atom is -0.438 e. The van der Waals surface area contributed by atoms with Gasteiger partial charge in [0.05, 0.1) is 6.54 Å². The van der Waals surface area contributed by atoms with Gasteiger partial charge >= 0.3 is 0 Å². The molecule has 3 rings (SSSR count). The van der Waals surface area contributed by atoms with Gasteiger partial charge in [0.1, 0.15) is 11.6 Å². The summed E-state index contributed by atoms with van der Waals surface area (Å²) in [6.07, 6.45) is 0. The first-order chi connectivity index (χ1) is 11.8. The normalized spacial score (nSPS) is 10.2. The van der Waals surface area contributed by atoms with Crippen LogP contribution in [0.4, 0.5) is 5.82 Å². The average Bonchev–Trinajstić information content (AvgIpc) is 2.63. The largest absolute Gasteiger partial charge is 0.438 e. The van der Waals surface area contributed by atoms with Crippen LogP contribution in [0.5, 0.6) is 11.6 Å². The van der Waals surface area contributed by atoms with E-state index in [4.69, 9.17) is 10.5 Å². The Kier molecular flexibility index (Phi) is 4.84. The lowest BCUT2D eigenvalue weighted by Gasteiger charge is -2.11. The molecule has 1 amide bonds. The van der Waals surface area contributed by atoms with E-state index in [-0.39, 0.29) is 12.5 Å². The SMILES string of the molecule is NCC(=O)Nc1cccc(Oc2ccccc2-c2ccccc2)n1. The van der Waals surface area contributed by atoms with Crippen molar-refractivity contribution in [3.63, 3.8) is 0 Å². The van der Waals surface area contributed by atoms with Crippen molar-refractivity contribution in [2.45, 2.75) is 0 Å². The van der Waals surface area contributed by atoms with E-state index in [0.29, 0.717) is 17.4 Å². The smallest absolute Gasteiger partial charge is 0.239 e. The number of nitrogens with one attached hydrogen (secondary N) is 1. The lowest BCUT2D eigenvalue weighted by Crippen LogP contribution is -2.22. The van der Waals surface area contributed by atoms with Crippen molar-refractivity contribution in [3.8, 4) is 22.8 Å². The third-order valence-electron chi connectivity index (χ3n) is 3.36. The van der Waals surface area contributed by atoms with E-state index < -0.39 is 0 Å². The highest BCUT2D eigenvalue weighted by molar-refractivity contribution is 5.91. The number of carbonyl (C=O) groups is 1. The second-order valence-corrected chi connectivity index (χ2v) is 5.08. The zero-order valence-electron chi connectivity index (χ0n) is 13.0. The van der Waals surface area contributed by atoms with Gasteiger partial charge < -0.3 is 15.8 Å². The van der Waals surface area contributed by atoms with Crippen LogP contribution >= 0.6 is 0 Å². The molecule has 2 aromatic carbocycles. The van der Waals surface area contributed by atoms with E-state index >= 15 is 0 Å². The van der Waals surface area contributed by atoms with Gasteiger partial charge in [-0.15, -0.1) is 0 Å². The van der Waals surface area contributed by atoms with E-state index in [2.05, 4.69) is 10.3 Å². The van der Waals surface area contributed by atoms with Crippen LogP contribution in [0.15, 0.2) is 72.8 Å². The highest BCUT2D eigenvalue weighted by atomic mass is 16.5. The number of amides is 1. The lowest BCUT2D eigenvalue weighted by atomic mass is 10.1. The van der Waals surface area contributed by atoms with Gasteiger partial charge in [-0.2, -0.15) is 4.98 Å². The molecule has 0 unspecified atom stereocenters. The van der Waals surface area contributed by atoms with Crippen LogP contribution in [-0.4, -0.2) is 17.4 Å². The quantitative estimate of drug-likeness (QED) is 0.755. The molecule has 0 spiro atoms. The molecule has 0 atom stereocenters. The van der Waals surface area contributed by atoms with Gasteiger partial charge in [0.15, 0.2) is 0 Å². The highest BCUT2D eigenvalue weighted by Gasteiger charge is 2.08. The summed E-state index contributed by atoms with van der Waals surface area (Å²) < 4.78 is 5.93. The van der Waals surface area contributed by atoms with E-state index in [0.717, 1.165) is 11.1 Å². The van der Waals surface area contributed by atoms with Gasteiger partial charge in [0, 0.05) is 11.6 Å². The topological polar surface area (TPSA) is 77.2 Å². The number of ether oxygens (including phenoxy) is 1. The van der Waals surface area contributed by atoms with Crippen LogP contribution in [0.25, 0.3) is 11.1 Å². The van der Waals surface area contributed by atoms with Crippen molar-refractivity contribution < 1.29 is 9.53 Å². The van der Waals surface area contributed by atoms with E-state index in [1.165, 1.54) is 0 Å². The van der Waals surface area contributed by atoms with E-state index in [1.54, 1.807) is 18.2 Å². The number of pyridine rings is 1. The maximum absolute atomic E-state index is 11.4. The Bertz CT molecular complexity index is 835. The summed E-state index contributed by atoms with van der Waals surface area (Å²) in [5, 5.41) is 2.61. The molecule has 1 aromatic heterocycles. The first-order valence-electron chi connectivity index (χ1n) is 7.55. The number of nitrogens with two attached hydrogens (primary N) is 1. The molecular weight excluding hydrogens is 302 g/mol. The van der Waals surface area contributed by atoms with Gasteiger partial charge in [0.25, 0.3) is 0 Å². The summed E-state index contributed by atoms with van der Waals surface area (Å²) in [5.74, 6) is 1.19. The predicted molar refractivity (Wildman–Crippen MR) is 93.9 cm³/mol. The summed E-state index contributed by atoms with van der Waals surface area (Å²) >= 11 is 0. The molecule has 120 valence electrons. The Hall–Kier alpha value is -3.18. The molecule has 3 aromatic rings. The number of hydrogen-bond donors (Lipinski definition) is 2. The lowest BCUT2D eigenvalue weighted by molar-refractivity contribution is -0.114. The van der Waals surface area contributed by atoms with Crippen molar-refractivity contribution in [1.82, 2.24) is 4.98 Å². The third kappa shape index (κ3) is 3.77. The number of aromatic nitrogens is 1. The molecule has 3 N–H and O–H groups in total. The second-order valence-electron chi connectivity index (χ2n) is 5.08. The summed E-state index contributed by atoms with van der Waals surface area (Å²) in [6, 6.07) is 22.9. The molecular formula is C19H17N3O2. The fourth-order valence-electron chi connectivity index (χ4n) is 2.26. The maximum Gasteiger partial charge on any atom is 0.239 e. The second kappa shape index (κ2) is 7.39. The predicted octanol–water partition coefficient (Wildman–Crippen LogP) is 3.44. The zero-order valence-corrected chi connectivity index (χ0v) is 13.0. The van der Waals surface area contributed by atoms with Crippen LogP contribution in [0.1, 0.15) is 0 Å². The van der Waals surface area contributed by atoms with Crippen LogP contribution in [0, 0.1) is 0 Å². The molecule has 0 fully saturated rings. The number of benzene rings is 2. The molecule has 5 heteroatoms. The number of para-hydroxylation sites is 1. The minimum atomic E-state index is -0.302. The Balaban J connectivity index is 1.87. The van der Waals surface area contributed by atoms with Crippen LogP contribution < -0.4 is 15.8 Å². The standard InChI is InChI=1S/C19H17N3O2/c20-13-18(23)21-17-11-6-12-19(22-17)24-16-10-5-4-9-15(16)14-7-2-1-3-8-14/h1-12H,13,20H2,(H,21,22,23). The van der Waals surface area contributed by atoms with Gasteiger partial charge in [-0.05, 0) is 17.7 Å². The Morgan fingerprint density at radius 1 is 0.958 bits per heavy atom. The number of nitrogens with zero attached hydrogens (tertiary/aromatic N) is 1. The molecule has 0 aliphatic rings. The first kappa shape index (κ1) is 15.7. The molecule has 0 saturated carbocycles. The summed E-state index contributed by atoms with van der Waals surface area (Å²) in [6.45, 7) is -0.0936. The molecule has 0 radical (unpaired) electrons. The van der Waals surface area contributed by atoms with Crippen LogP contribution in [0.2, 0.25) is 0 Å². The summed E-state index contributed by atoms with van der Waals surface area (Å²) in [4.78, 5) is 15.7. The molecule has 1 heterocycles. The molecule has 24 heavy (non-hydrogen) atoms. The number of anilines is 1. The first-order valence-corrected chi connectivity index (χ1v) is 7.55. The van der Waals surface area contributed by atoms with Crippen LogP contribution in [0.3, 0.4) is 0 Å². The van der Waals surface area contributed by atoms with Crippen molar-refractivity contribution in [2.24, 2.45) is 5.73 Å². The van der Waals surface area contributed by atoms with E-state index in [1.807, 2.05) is 54.6 Å². The van der Waals surface area contributed by atoms with Crippen molar-refractivity contribution in [3.05, 3.63) is 72.8 Å². The monoisotopic (exact) mass is 319 g/mol.